The van der Waals surface area contributed by atoms with E-state index in [-0.39, 0.29) is 11.9 Å². The van der Waals surface area contributed by atoms with Gasteiger partial charge in [-0.25, -0.2) is 4.98 Å². The summed E-state index contributed by atoms with van der Waals surface area (Å²) < 4.78 is 11.1. The minimum atomic E-state index is -0.0549. The van der Waals surface area contributed by atoms with Crippen LogP contribution in [-0.4, -0.2) is 36.8 Å². The lowest BCUT2D eigenvalue weighted by Crippen LogP contribution is -2.61. The summed E-state index contributed by atoms with van der Waals surface area (Å²) in [5.74, 6) is 1.27. The third-order valence-corrected chi connectivity index (χ3v) is 5.44. The van der Waals surface area contributed by atoms with E-state index in [9.17, 15) is 4.79 Å². The Hall–Kier alpha value is -2.14. The summed E-state index contributed by atoms with van der Waals surface area (Å²) in [6.07, 6.45) is 2.38. The van der Waals surface area contributed by atoms with Gasteiger partial charge < -0.3 is 14.8 Å². The van der Waals surface area contributed by atoms with Gasteiger partial charge in [0.25, 0.3) is 5.91 Å². The van der Waals surface area contributed by atoms with Crippen LogP contribution in [0.2, 0.25) is 0 Å². The predicted molar refractivity (Wildman–Crippen MR) is 91.2 cm³/mol. The summed E-state index contributed by atoms with van der Waals surface area (Å²) >= 11 is 0. The summed E-state index contributed by atoms with van der Waals surface area (Å²) in [5, 5.41) is 4.10. The molecule has 0 radical (unpaired) electrons. The van der Waals surface area contributed by atoms with Crippen molar-refractivity contribution in [2.75, 3.05) is 13.7 Å². The molecule has 1 saturated carbocycles. The Morgan fingerprint density at radius 1 is 1.42 bits per heavy atom. The Morgan fingerprint density at radius 2 is 2.25 bits per heavy atom. The molecular formula is C19H22N2O3. The van der Waals surface area contributed by atoms with Gasteiger partial charge in [0, 0.05) is 35.9 Å². The van der Waals surface area contributed by atoms with Gasteiger partial charge in [-0.15, -0.1) is 0 Å². The number of hydrogen-bond donors (Lipinski definition) is 1. The first-order valence-corrected chi connectivity index (χ1v) is 8.59. The number of carbonyl (C=O) groups is 1. The van der Waals surface area contributed by atoms with E-state index in [1.807, 2.05) is 24.3 Å². The number of rotatable bonds is 4. The van der Waals surface area contributed by atoms with E-state index in [2.05, 4.69) is 17.2 Å². The molecule has 1 aliphatic heterocycles. The normalized spacial score (nSPS) is 28.2. The average molecular weight is 326 g/mol. The lowest BCUT2D eigenvalue weighted by atomic mass is 9.65. The van der Waals surface area contributed by atoms with E-state index in [0.717, 1.165) is 30.4 Å². The van der Waals surface area contributed by atoms with Crippen LogP contribution in [0.4, 0.5) is 0 Å². The molecule has 2 heterocycles. The van der Waals surface area contributed by atoms with Crippen molar-refractivity contribution in [3.05, 3.63) is 35.9 Å². The fraction of sp³-hybridized carbons (Fsp3) is 0.474. The summed E-state index contributed by atoms with van der Waals surface area (Å²) in [6, 6.07) is 9.58. The van der Waals surface area contributed by atoms with Crippen molar-refractivity contribution >= 4 is 16.8 Å². The number of ether oxygens (including phenoxy) is 2. The number of nitrogens with one attached hydrogen (secondary N) is 1. The van der Waals surface area contributed by atoms with Crippen molar-refractivity contribution in [2.45, 2.75) is 31.9 Å². The number of methoxy groups -OCH3 is 1. The molecule has 5 nitrogen and oxygen atoms in total. The zero-order valence-corrected chi connectivity index (χ0v) is 14.0. The number of benzene rings is 1. The molecular weight excluding hydrogens is 304 g/mol. The number of para-hydroxylation sites is 1. The fourth-order valence-corrected chi connectivity index (χ4v) is 4.20. The maximum Gasteiger partial charge on any atom is 0.252 e. The smallest absolute Gasteiger partial charge is 0.252 e. The van der Waals surface area contributed by atoms with Gasteiger partial charge in [0.2, 0.25) is 5.88 Å². The molecule has 1 aromatic carbocycles. The summed E-state index contributed by atoms with van der Waals surface area (Å²) in [7, 11) is 1.57. The van der Waals surface area contributed by atoms with E-state index in [1.165, 1.54) is 0 Å². The molecule has 1 aromatic heterocycles. The van der Waals surface area contributed by atoms with Crippen LogP contribution in [0, 0.1) is 11.8 Å². The summed E-state index contributed by atoms with van der Waals surface area (Å²) in [6.45, 7) is 2.97. The van der Waals surface area contributed by atoms with Crippen LogP contribution in [0.1, 0.15) is 30.1 Å². The molecule has 1 saturated heterocycles. The molecule has 24 heavy (non-hydrogen) atoms. The Morgan fingerprint density at radius 3 is 3.04 bits per heavy atom. The van der Waals surface area contributed by atoms with Gasteiger partial charge in [-0.05, 0) is 18.9 Å². The van der Waals surface area contributed by atoms with Crippen LogP contribution in [-0.2, 0) is 4.74 Å². The van der Waals surface area contributed by atoms with Crippen LogP contribution in [0.5, 0.6) is 5.88 Å². The van der Waals surface area contributed by atoms with Gasteiger partial charge in [-0.2, -0.15) is 0 Å². The number of amides is 1. The quantitative estimate of drug-likeness (QED) is 0.938. The summed E-state index contributed by atoms with van der Waals surface area (Å²) in [4.78, 5) is 17.4. The third-order valence-electron chi connectivity index (χ3n) is 5.44. The molecule has 5 heteroatoms. The van der Waals surface area contributed by atoms with Crippen LogP contribution >= 0.6 is 0 Å². The minimum absolute atomic E-state index is 0.0549. The first-order valence-electron chi connectivity index (χ1n) is 8.59. The van der Waals surface area contributed by atoms with Crippen molar-refractivity contribution in [1.82, 2.24) is 10.3 Å². The SMILES string of the molecule is CCC1C(NC(=O)c2cc(OC)nc3ccccc23)C2CCOC12. The van der Waals surface area contributed by atoms with E-state index in [1.54, 1.807) is 13.2 Å². The Balaban J connectivity index is 1.64. The Labute approximate surface area is 141 Å². The molecule has 1 aliphatic carbocycles. The highest BCUT2D eigenvalue weighted by molar-refractivity contribution is 6.06. The van der Waals surface area contributed by atoms with Gasteiger partial charge in [-0.1, -0.05) is 25.1 Å². The van der Waals surface area contributed by atoms with Gasteiger partial charge in [-0.3, -0.25) is 4.79 Å². The second-order valence-corrected chi connectivity index (χ2v) is 6.59. The van der Waals surface area contributed by atoms with Crippen molar-refractivity contribution in [3.63, 3.8) is 0 Å². The molecule has 2 aliphatic rings. The van der Waals surface area contributed by atoms with Crippen molar-refractivity contribution < 1.29 is 14.3 Å². The number of aromatic nitrogens is 1. The van der Waals surface area contributed by atoms with E-state index >= 15 is 0 Å². The van der Waals surface area contributed by atoms with Gasteiger partial charge >= 0.3 is 0 Å². The second-order valence-electron chi connectivity index (χ2n) is 6.59. The number of hydrogen-bond acceptors (Lipinski definition) is 4. The highest BCUT2D eigenvalue weighted by atomic mass is 16.5. The molecule has 1 amide bonds. The van der Waals surface area contributed by atoms with E-state index in [4.69, 9.17) is 9.47 Å². The maximum absolute atomic E-state index is 12.9. The molecule has 2 fully saturated rings. The monoisotopic (exact) mass is 326 g/mol. The van der Waals surface area contributed by atoms with Crippen molar-refractivity contribution in [2.24, 2.45) is 11.8 Å². The van der Waals surface area contributed by atoms with Gasteiger partial charge in [0.15, 0.2) is 0 Å². The minimum Gasteiger partial charge on any atom is -0.481 e. The van der Waals surface area contributed by atoms with Gasteiger partial charge in [0.1, 0.15) is 0 Å². The average Bonchev–Trinajstić information content (AvgIpc) is 3.03. The molecule has 126 valence electrons. The first-order chi connectivity index (χ1) is 11.7. The molecule has 0 spiro atoms. The molecule has 2 aromatic rings. The number of nitrogens with zero attached hydrogens (tertiary/aromatic N) is 1. The van der Waals surface area contributed by atoms with E-state index in [0.29, 0.717) is 29.4 Å². The van der Waals surface area contributed by atoms with Crippen molar-refractivity contribution in [1.29, 1.82) is 0 Å². The predicted octanol–water partition coefficient (Wildman–Crippen LogP) is 2.79. The molecule has 4 unspecified atom stereocenters. The number of carbonyl (C=O) groups excluding carboxylic acids is 1. The summed E-state index contributed by atoms with van der Waals surface area (Å²) in [5.41, 5.74) is 1.39. The maximum atomic E-state index is 12.9. The largest absolute Gasteiger partial charge is 0.481 e. The Bertz CT molecular complexity index is 776. The number of fused-ring (bicyclic) bond motifs is 2. The standard InChI is InChI=1S/C19H22N2O3/c1-3-11-17(13-8-9-24-18(11)13)21-19(22)14-10-16(23-2)20-15-7-5-4-6-12(14)15/h4-7,10-11,13,17-18H,3,8-9H2,1-2H3,(H,21,22). The molecule has 4 atom stereocenters. The van der Waals surface area contributed by atoms with Crippen LogP contribution in [0.25, 0.3) is 10.9 Å². The first kappa shape index (κ1) is 15.4. The van der Waals surface area contributed by atoms with Crippen LogP contribution in [0.3, 0.4) is 0 Å². The lowest BCUT2D eigenvalue weighted by Gasteiger charge is -2.47. The zero-order valence-electron chi connectivity index (χ0n) is 14.0. The fourth-order valence-electron chi connectivity index (χ4n) is 4.20. The highest BCUT2D eigenvalue weighted by Crippen LogP contribution is 2.45. The third kappa shape index (κ3) is 2.35. The van der Waals surface area contributed by atoms with Gasteiger partial charge in [0.05, 0.1) is 24.3 Å². The second kappa shape index (κ2) is 6.06. The zero-order chi connectivity index (χ0) is 16.7. The molecule has 4 rings (SSSR count). The van der Waals surface area contributed by atoms with Crippen molar-refractivity contribution in [3.8, 4) is 5.88 Å². The van der Waals surface area contributed by atoms with E-state index < -0.39 is 0 Å². The van der Waals surface area contributed by atoms with Crippen LogP contribution < -0.4 is 10.1 Å². The molecule has 0 bridgehead atoms. The highest BCUT2D eigenvalue weighted by Gasteiger charge is 2.53. The number of pyridine rings is 1. The molecule has 1 N–H and O–H groups in total. The van der Waals surface area contributed by atoms with Crippen LogP contribution in [0.15, 0.2) is 30.3 Å². The Kier molecular flexibility index (Phi) is 3.88. The lowest BCUT2D eigenvalue weighted by molar-refractivity contribution is -0.0545. The topological polar surface area (TPSA) is 60.5 Å².